The van der Waals surface area contributed by atoms with Crippen LogP contribution in [0, 0.1) is 0 Å². The Morgan fingerprint density at radius 1 is 1.43 bits per heavy atom. The topological polar surface area (TPSA) is 104 Å². The first-order valence-electron chi connectivity index (χ1n) is 6.50. The van der Waals surface area contributed by atoms with Crippen LogP contribution in [0.4, 0.5) is 5.69 Å². The molecule has 1 unspecified atom stereocenters. The molecule has 112 valence electrons. The highest BCUT2D eigenvalue weighted by molar-refractivity contribution is 7.92. The number of hydrogen-bond acceptors (Lipinski definition) is 6. The first-order valence-corrected chi connectivity index (χ1v) is 8.60. The number of nitrogens with two attached hydrogens (primary N) is 1. The summed E-state index contributed by atoms with van der Waals surface area (Å²) in [5.41, 5.74) is 7.02. The van der Waals surface area contributed by atoms with E-state index in [4.69, 9.17) is 17.3 Å². The van der Waals surface area contributed by atoms with Gasteiger partial charge >= 0.3 is 0 Å². The van der Waals surface area contributed by atoms with E-state index in [-0.39, 0.29) is 12.3 Å². The summed E-state index contributed by atoms with van der Waals surface area (Å²) < 4.78 is 25.3. The van der Waals surface area contributed by atoms with E-state index in [9.17, 15) is 8.42 Å². The number of rotatable bonds is 3. The molecule has 0 aliphatic carbocycles. The van der Waals surface area contributed by atoms with Gasteiger partial charge in [0.15, 0.2) is 15.7 Å². The molecule has 0 saturated carbocycles. The van der Waals surface area contributed by atoms with Gasteiger partial charge in [0.1, 0.15) is 0 Å². The summed E-state index contributed by atoms with van der Waals surface area (Å²) in [6.07, 6.45) is 1.32. The average Bonchev–Trinajstić information content (AvgIpc) is 2.98. The maximum absolute atomic E-state index is 11.9. The second-order valence-electron chi connectivity index (χ2n) is 5.05. The van der Waals surface area contributed by atoms with Gasteiger partial charge in [0.05, 0.1) is 17.5 Å². The van der Waals surface area contributed by atoms with Crippen molar-refractivity contribution in [3.63, 3.8) is 0 Å². The molecule has 1 atom stereocenters. The molecule has 2 N–H and O–H groups in total. The molecule has 21 heavy (non-hydrogen) atoms. The largest absolute Gasteiger partial charge is 0.398 e. The van der Waals surface area contributed by atoms with Crippen LogP contribution in [0.5, 0.6) is 0 Å². The quantitative estimate of drug-likeness (QED) is 0.848. The number of hydrogen-bond donors (Lipinski definition) is 1. The molecule has 1 aliphatic heterocycles. The fourth-order valence-corrected chi connectivity index (χ4v) is 4.49. The van der Waals surface area contributed by atoms with Crippen LogP contribution in [0.2, 0.25) is 5.02 Å². The lowest BCUT2D eigenvalue weighted by Gasteiger charge is -2.11. The van der Waals surface area contributed by atoms with Gasteiger partial charge in [-0.2, -0.15) is 0 Å². The second kappa shape index (κ2) is 5.27. The molecule has 9 heteroatoms. The summed E-state index contributed by atoms with van der Waals surface area (Å²) in [6, 6.07) is 5.03. The van der Waals surface area contributed by atoms with Gasteiger partial charge in [-0.3, -0.25) is 0 Å². The van der Waals surface area contributed by atoms with Gasteiger partial charge < -0.3 is 5.73 Å². The molecule has 0 bridgehead atoms. The van der Waals surface area contributed by atoms with E-state index in [1.54, 1.807) is 18.2 Å². The Morgan fingerprint density at radius 2 is 2.24 bits per heavy atom. The molecule has 0 spiro atoms. The first-order chi connectivity index (χ1) is 9.97. The predicted octanol–water partition coefficient (Wildman–Crippen LogP) is 1.15. The first kappa shape index (κ1) is 14.3. The van der Waals surface area contributed by atoms with Gasteiger partial charge in [0.25, 0.3) is 0 Å². The molecule has 7 nitrogen and oxygen atoms in total. The third-order valence-corrected chi connectivity index (χ3v) is 6.12. The average molecular weight is 328 g/mol. The highest BCUT2D eigenvalue weighted by Crippen LogP contribution is 2.28. The Bertz CT molecular complexity index is 774. The van der Waals surface area contributed by atoms with Crippen molar-refractivity contribution in [2.75, 3.05) is 11.5 Å². The van der Waals surface area contributed by atoms with Gasteiger partial charge in [-0.1, -0.05) is 11.6 Å². The molecule has 1 saturated heterocycles. The van der Waals surface area contributed by atoms with Crippen molar-refractivity contribution in [1.29, 1.82) is 0 Å². The molecule has 2 heterocycles. The van der Waals surface area contributed by atoms with E-state index >= 15 is 0 Å². The van der Waals surface area contributed by atoms with Crippen LogP contribution >= 0.6 is 11.6 Å². The van der Waals surface area contributed by atoms with Crippen molar-refractivity contribution in [3.8, 4) is 11.4 Å². The monoisotopic (exact) mass is 327 g/mol. The number of nitrogens with zero attached hydrogens (tertiary/aromatic N) is 4. The van der Waals surface area contributed by atoms with Crippen molar-refractivity contribution in [1.82, 2.24) is 20.2 Å². The lowest BCUT2D eigenvalue weighted by molar-refractivity contribution is 0.534. The summed E-state index contributed by atoms with van der Waals surface area (Å²) in [4.78, 5) is 0. The molecule has 1 aromatic heterocycles. The van der Waals surface area contributed by atoms with E-state index in [0.717, 1.165) is 0 Å². The summed E-state index contributed by atoms with van der Waals surface area (Å²) in [6.45, 7) is 0.243. The molecule has 1 fully saturated rings. The number of nitrogen functional groups attached to an aromatic ring is 1. The van der Waals surface area contributed by atoms with E-state index < -0.39 is 15.1 Å². The molecule has 1 aromatic carbocycles. The standard InChI is InChI=1S/C12H14ClN5O2S/c13-8-3-4-10(11(14)6-8)12-15-16-17-18(12)7-9-2-1-5-21(9,19)20/h3-4,6,9H,1-2,5,7,14H2. The number of tetrazole rings is 1. The minimum absolute atomic E-state index is 0.234. The number of halogens is 1. The lowest BCUT2D eigenvalue weighted by Crippen LogP contribution is -2.23. The smallest absolute Gasteiger partial charge is 0.184 e. The Balaban J connectivity index is 1.94. The molecule has 0 amide bonds. The van der Waals surface area contributed by atoms with Crippen LogP contribution in [-0.2, 0) is 16.4 Å². The normalized spacial score (nSPS) is 20.7. The highest BCUT2D eigenvalue weighted by Gasteiger charge is 2.32. The molecular formula is C12H14ClN5O2S. The van der Waals surface area contributed by atoms with Crippen molar-refractivity contribution >= 4 is 27.1 Å². The Morgan fingerprint density at radius 3 is 2.90 bits per heavy atom. The van der Waals surface area contributed by atoms with E-state index in [0.29, 0.717) is 34.9 Å². The number of benzene rings is 1. The Kier molecular flexibility index (Phi) is 3.58. The van der Waals surface area contributed by atoms with Crippen molar-refractivity contribution in [3.05, 3.63) is 23.2 Å². The zero-order valence-corrected chi connectivity index (χ0v) is 12.7. The third-order valence-electron chi connectivity index (χ3n) is 3.63. The minimum atomic E-state index is -3.05. The van der Waals surface area contributed by atoms with Crippen LogP contribution in [0.3, 0.4) is 0 Å². The molecule has 3 rings (SSSR count). The second-order valence-corrected chi connectivity index (χ2v) is 7.88. The maximum atomic E-state index is 11.9. The SMILES string of the molecule is Nc1cc(Cl)ccc1-c1nnnn1CC1CCCS1(=O)=O. The van der Waals surface area contributed by atoms with Crippen molar-refractivity contribution in [2.45, 2.75) is 24.6 Å². The van der Waals surface area contributed by atoms with Gasteiger partial charge in [0, 0.05) is 16.3 Å². The highest BCUT2D eigenvalue weighted by atomic mass is 35.5. The number of anilines is 1. The Labute approximate surface area is 127 Å². The summed E-state index contributed by atoms with van der Waals surface area (Å²) in [7, 11) is -3.05. The zero-order chi connectivity index (χ0) is 15.0. The predicted molar refractivity (Wildman–Crippen MR) is 79.5 cm³/mol. The minimum Gasteiger partial charge on any atom is -0.398 e. The van der Waals surface area contributed by atoms with Gasteiger partial charge in [-0.05, 0) is 41.5 Å². The zero-order valence-electron chi connectivity index (χ0n) is 11.1. The molecular weight excluding hydrogens is 314 g/mol. The number of sulfone groups is 1. The van der Waals surface area contributed by atoms with E-state index in [1.807, 2.05) is 0 Å². The van der Waals surface area contributed by atoms with Gasteiger partial charge in [-0.15, -0.1) is 5.10 Å². The van der Waals surface area contributed by atoms with E-state index in [2.05, 4.69) is 15.5 Å². The van der Waals surface area contributed by atoms with E-state index in [1.165, 1.54) is 4.68 Å². The maximum Gasteiger partial charge on any atom is 0.184 e. The van der Waals surface area contributed by atoms with Crippen LogP contribution in [0.15, 0.2) is 18.2 Å². The summed E-state index contributed by atoms with van der Waals surface area (Å²) in [5, 5.41) is 11.6. The molecule has 1 aliphatic rings. The van der Waals surface area contributed by atoms with Gasteiger partial charge in [0.2, 0.25) is 0 Å². The summed E-state index contributed by atoms with van der Waals surface area (Å²) in [5.74, 6) is 0.685. The fourth-order valence-electron chi connectivity index (χ4n) is 2.51. The van der Waals surface area contributed by atoms with Crippen LogP contribution in [-0.4, -0.2) is 39.6 Å². The van der Waals surface area contributed by atoms with Crippen molar-refractivity contribution in [2.24, 2.45) is 0 Å². The fraction of sp³-hybridized carbons (Fsp3) is 0.417. The van der Waals surface area contributed by atoms with Crippen molar-refractivity contribution < 1.29 is 8.42 Å². The van der Waals surface area contributed by atoms with Crippen LogP contribution in [0.1, 0.15) is 12.8 Å². The van der Waals surface area contributed by atoms with Crippen LogP contribution in [0.25, 0.3) is 11.4 Å². The number of aromatic nitrogens is 4. The molecule has 0 radical (unpaired) electrons. The third kappa shape index (κ3) is 2.73. The summed E-state index contributed by atoms with van der Waals surface area (Å²) >= 11 is 5.88. The van der Waals surface area contributed by atoms with Gasteiger partial charge in [-0.25, -0.2) is 13.1 Å². The molecule has 2 aromatic rings. The lowest BCUT2D eigenvalue weighted by atomic mass is 10.1. The Hall–Kier alpha value is -1.67. The van der Waals surface area contributed by atoms with Crippen LogP contribution < -0.4 is 5.73 Å².